The van der Waals surface area contributed by atoms with E-state index in [-0.39, 0.29) is 12.1 Å². The van der Waals surface area contributed by atoms with E-state index in [9.17, 15) is 0 Å². The Balaban J connectivity index is 1.71. The lowest BCUT2D eigenvalue weighted by Gasteiger charge is -2.28. The van der Waals surface area contributed by atoms with E-state index < -0.39 is 0 Å². The zero-order valence-electron chi connectivity index (χ0n) is 16.7. The van der Waals surface area contributed by atoms with Gasteiger partial charge in [0.2, 0.25) is 0 Å². The van der Waals surface area contributed by atoms with Gasteiger partial charge < -0.3 is 19.7 Å². The number of hydrogen-bond donors (Lipinski definition) is 1. The maximum Gasteiger partial charge on any atom is 0.174 e. The number of anilines is 1. The summed E-state index contributed by atoms with van der Waals surface area (Å²) in [5, 5.41) is 6.76. The Morgan fingerprint density at radius 1 is 1.23 bits per heavy atom. The minimum Gasteiger partial charge on any atom is -0.490 e. The number of aryl methyl sites for hydroxylation is 1. The predicted octanol–water partition coefficient (Wildman–Crippen LogP) is 5.31. The highest BCUT2D eigenvalue weighted by atomic mass is 35.5. The molecule has 30 heavy (non-hydrogen) atoms. The van der Waals surface area contributed by atoms with Crippen LogP contribution < -0.4 is 15.0 Å². The van der Waals surface area contributed by atoms with Crippen molar-refractivity contribution in [3.63, 3.8) is 0 Å². The van der Waals surface area contributed by atoms with Gasteiger partial charge in [0.15, 0.2) is 5.11 Å². The Kier molecular flexibility index (Phi) is 6.53. The number of pyridine rings is 1. The van der Waals surface area contributed by atoms with E-state index in [1.807, 2.05) is 42.6 Å². The minimum atomic E-state index is -0.0625. The molecule has 1 N–H and O–H groups in total. The number of thiocarbonyl (C=S) groups is 1. The Morgan fingerprint density at radius 3 is 2.77 bits per heavy atom. The third-order valence-corrected chi connectivity index (χ3v) is 6.71. The summed E-state index contributed by atoms with van der Waals surface area (Å²) in [7, 11) is 1.64. The van der Waals surface area contributed by atoms with Gasteiger partial charge >= 0.3 is 0 Å². The maximum atomic E-state index is 6.53. The monoisotopic (exact) mass is 459 g/mol. The third-order valence-electron chi connectivity index (χ3n) is 5.01. The summed E-state index contributed by atoms with van der Waals surface area (Å²) >= 11 is 14.0. The molecular formula is C22H22ClN3O2S2. The number of nitrogens with one attached hydrogen (secondary N) is 1. The van der Waals surface area contributed by atoms with Crippen LogP contribution in [0.5, 0.6) is 5.75 Å². The number of methoxy groups -OCH3 is 1. The molecule has 2 aromatic heterocycles. The van der Waals surface area contributed by atoms with Crippen LogP contribution in [0.15, 0.2) is 54.0 Å². The minimum absolute atomic E-state index is 0.0243. The maximum absolute atomic E-state index is 6.53. The van der Waals surface area contributed by atoms with Crippen molar-refractivity contribution in [2.45, 2.75) is 19.0 Å². The molecule has 3 heterocycles. The van der Waals surface area contributed by atoms with Gasteiger partial charge in [0.1, 0.15) is 12.4 Å². The van der Waals surface area contributed by atoms with Gasteiger partial charge in [0.25, 0.3) is 0 Å². The van der Waals surface area contributed by atoms with Crippen LogP contribution in [0.1, 0.15) is 28.2 Å². The van der Waals surface area contributed by atoms with Crippen LogP contribution in [0.25, 0.3) is 0 Å². The average molecular weight is 460 g/mol. The van der Waals surface area contributed by atoms with Gasteiger partial charge in [0.05, 0.1) is 29.4 Å². The van der Waals surface area contributed by atoms with E-state index in [2.05, 4.69) is 33.6 Å². The first kappa shape index (κ1) is 21.1. The first-order valence-electron chi connectivity index (χ1n) is 9.56. The second kappa shape index (κ2) is 9.31. The first-order chi connectivity index (χ1) is 14.6. The highest BCUT2D eigenvalue weighted by molar-refractivity contribution is 7.80. The van der Waals surface area contributed by atoms with E-state index >= 15 is 0 Å². The molecule has 0 unspecified atom stereocenters. The molecule has 4 rings (SSSR count). The molecule has 1 fully saturated rings. The average Bonchev–Trinajstić information content (AvgIpc) is 3.32. The van der Waals surface area contributed by atoms with Crippen molar-refractivity contribution in [2.24, 2.45) is 0 Å². The molecule has 2 atom stereocenters. The molecule has 0 radical (unpaired) electrons. The van der Waals surface area contributed by atoms with Crippen molar-refractivity contribution in [3.05, 3.63) is 75.2 Å². The van der Waals surface area contributed by atoms with Gasteiger partial charge in [-0.2, -0.15) is 0 Å². The number of ether oxygens (including phenoxy) is 2. The Bertz CT molecular complexity index is 1030. The molecule has 1 aliphatic rings. The van der Waals surface area contributed by atoms with Gasteiger partial charge in [-0.3, -0.25) is 4.98 Å². The van der Waals surface area contributed by atoms with Crippen molar-refractivity contribution in [2.75, 3.05) is 25.2 Å². The van der Waals surface area contributed by atoms with E-state index in [0.29, 0.717) is 29.1 Å². The largest absolute Gasteiger partial charge is 0.490 e. The molecule has 0 bridgehead atoms. The van der Waals surface area contributed by atoms with Gasteiger partial charge in [-0.1, -0.05) is 17.7 Å². The standard InChI is InChI=1S/C22H22ClN3O2S2/c1-14-8-12-30-21(14)20-19(17-5-3-4-9-24-17)25-22(29)26(20)15-6-7-18(16(23)13-15)28-11-10-27-2/h3-9,12-13,19-20H,10-11H2,1-2H3,(H,25,29)/t19-,20-/m0/s1. The topological polar surface area (TPSA) is 46.6 Å². The SMILES string of the molecule is COCCOc1ccc(N2C(=S)N[C@@H](c3ccccn3)[C@H]2c2sccc2C)cc1Cl. The van der Waals surface area contributed by atoms with Crippen molar-refractivity contribution in [1.29, 1.82) is 0 Å². The number of rotatable bonds is 7. The molecule has 156 valence electrons. The number of benzene rings is 1. The Morgan fingerprint density at radius 2 is 2.10 bits per heavy atom. The molecule has 0 spiro atoms. The van der Waals surface area contributed by atoms with Gasteiger partial charge in [-0.15, -0.1) is 11.3 Å². The highest BCUT2D eigenvalue weighted by Gasteiger charge is 2.42. The number of hydrogen-bond acceptors (Lipinski definition) is 5. The predicted molar refractivity (Wildman–Crippen MR) is 126 cm³/mol. The van der Waals surface area contributed by atoms with Gasteiger partial charge in [-0.05, 0) is 66.5 Å². The number of nitrogens with zero attached hydrogens (tertiary/aromatic N) is 2. The van der Waals surface area contributed by atoms with Crippen molar-refractivity contribution >= 4 is 46.0 Å². The molecule has 1 aromatic carbocycles. The van der Waals surface area contributed by atoms with E-state index in [1.165, 1.54) is 10.4 Å². The van der Waals surface area contributed by atoms with Crippen LogP contribution in [0.2, 0.25) is 5.02 Å². The fourth-order valence-corrected chi connectivity index (χ4v) is 5.21. The van der Waals surface area contributed by atoms with Crippen LogP contribution in [0, 0.1) is 6.92 Å². The molecule has 5 nitrogen and oxygen atoms in total. The van der Waals surface area contributed by atoms with Crippen LogP contribution >= 0.6 is 35.2 Å². The fourth-order valence-electron chi connectivity index (χ4n) is 3.58. The summed E-state index contributed by atoms with van der Waals surface area (Å²) in [6, 6.07) is 13.7. The van der Waals surface area contributed by atoms with Crippen molar-refractivity contribution < 1.29 is 9.47 Å². The number of thiophene rings is 1. The summed E-state index contributed by atoms with van der Waals surface area (Å²) in [6.07, 6.45) is 1.81. The van der Waals surface area contributed by atoms with Gasteiger partial charge in [0, 0.05) is 23.9 Å². The molecule has 1 saturated heterocycles. The second-order valence-electron chi connectivity index (χ2n) is 6.92. The Labute approximate surface area is 190 Å². The van der Waals surface area contributed by atoms with Crippen LogP contribution in [-0.4, -0.2) is 30.4 Å². The number of halogens is 1. The van der Waals surface area contributed by atoms with Crippen LogP contribution in [-0.2, 0) is 4.74 Å². The summed E-state index contributed by atoms with van der Waals surface area (Å²) in [4.78, 5) is 7.95. The quantitative estimate of drug-likeness (QED) is 0.381. The summed E-state index contributed by atoms with van der Waals surface area (Å²) in [5.74, 6) is 0.626. The molecule has 1 aliphatic heterocycles. The molecule has 0 amide bonds. The molecule has 0 aliphatic carbocycles. The third kappa shape index (κ3) is 4.16. The first-order valence-corrected chi connectivity index (χ1v) is 11.2. The summed E-state index contributed by atoms with van der Waals surface area (Å²) in [6.45, 7) is 3.07. The zero-order chi connectivity index (χ0) is 21.1. The lowest BCUT2D eigenvalue weighted by atomic mass is 10.0. The lowest BCUT2D eigenvalue weighted by molar-refractivity contribution is 0.146. The molecular weight excluding hydrogens is 438 g/mol. The smallest absolute Gasteiger partial charge is 0.174 e. The van der Waals surface area contributed by atoms with Crippen molar-refractivity contribution in [1.82, 2.24) is 10.3 Å². The highest BCUT2D eigenvalue weighted by Crippen LogP contribution is 2.45. The van der Waals surface area contributed by atoms with Crippen LogP contribution in [0.3, 0.4) is 0 Å². The summed E-state index contributed by atoms with van der Waals surface area (Å²) < 4.78 is 10.7. The zero-order valence-corrected chi connectivity index (χ0v) is 19.1. The summed E-state index contributed by atoms with van der Waals surface area (Å²) in [5.41, 5.74) is 3.09. The Hall–Kier alpha value is -2.19. The second-order valence-corrected chi connectivity index (χ2v) is 8.66. The normalized spacial score (nSPS) is 18.5. The fraction of sp³-hybridized carbons (Fsp3) is 0.273. The lowest BCUT2D eigenvalue weighted by Crippen LogP contribution is -2.29. The molecule has 0 saturated carbocycles. The van der Waals surface area contributed by atoms with Crippen molar-refractivity contribution in [3.8, 4) is 5.75 Å². The van der Waals surface area contributed by atoms with Gasteiger partial charge in [-0.25, -0.2) is 0 Å². The van der Waals surface area contributed by atoms with E-state index in [0.717, 1.165) is 11.4 Å². The van der Waals surface area contributed by atoms with E-state index in [4.69, 9.17) is 33.3 Å². The van der Waals surface area contributed by atoms with E-state index in [1.54, 1.807) is 18.4 Å². The molecule has 8 heteroatoms. The number of aromatic nitrogens is 1. The molecule has 3 aromatic rings. The van der Waals surface area contributed by atoms with Crippen LogP contribution in [0.4, 0.5) is 5.69 Å².